The number of fused-ring (bicyclic) bond motifs is 3. The van der Waals surface area contributed by atoms with Gasteiger partial charge in [0.05, 0.1) is 23.1 Å². The third-order valence-corrected chi connectivity index (χ3v) is 8.50. The van der Waals surface area contributed by atoms with Gasteiger partial charge in [-0.25, -0.2) is 19.5 Å². The maximum atomic E-state index is 13.4. The molecule has 3 aliphatic rings. The highest BCUT2D eigenvalue weighted by atomic mass is 31.2. The molecule has 11 nitrogen and oxygen atoms in total. The van der Waals surface area contributed by atoms with Gasteiger partial charge in [-0.2, -0.15) is 8.78 Å². The number of benzene rings is 2. The Bertz CT molecular complexity index is 1730. The molecular formula is C27H26F2N5O6P. The molecule has 2 aromatic carbocycles. The Labute approximate surface area is 233 Å². The number of hydrogen-bond donors (Lipinski definition) is 2. The predicted molar refractivity (Wildman–Crippen MR) is 142 cm³/mol. The first-order valence-electron chi connectivity index (χ1n) is 13.0. The van der Waals surface area contributed by atoms with Gasteiger partial charge in [-0.05, 0) is 50.6 Å². The molecule has 0 spiro atoms. The summed E-state index contributed by atoms with van der Waals surface area (Å²) < 4.78 is 56.0. The quantitative estimate of drug-likeness (QED) is 0.224. The van der Waals surface area contributed by atoms with Crippen LogP contribution in [0.4, 0.5) is 14.5 Å². The van der Waals surface area contributed by atoms with Gasteiger partial charge in [0.25, 0.3) is 0 Å². The lowest BCUT2D eigenvalue weighted by Crippen LogP contribution is -2.35. The normalized spacial score (nSPS) is 23.2. The number of rotatable bonds is 7. The van der Waals surface area contributed by atoms with E-state index < -0.39 is 20.0 Å². The van der Waals surface area contributed by atoms with E-state index in [2.05, 4.69) is 19.4 Å². The molecule has 0 saturated carbocycles. The topological polar surface area (TPSA) is 135 Å². The summed E-state index contributed by atoms with van der Waals surface area (Å²) in [5.74, 6) is 1.07. The molecule has 2 aromatic heterocycles. The van der Waals surface area contributed by atoms with Crippen molar-refractivity contribution in [2.24, 2.45) is 0 Å². The van der Waals surface area contributed by atoms with E-state index in [9.17, 15) is 23.1 Å². The molecule has 2 unspecified atom stereocenters. The minimum Gasteiger partial charge on any atom is -0.434 e. The number of hydrogen-bond acceptors (Lipinski definition) is 8. The van der Waals surface area contributed by atoms with Gasteiger partial charge < -0.3 is 28.7 Å². The largest absolute Gasteiger partial charge is 0.470 e. The number of imidazole rings is 1. The average Bonchev–Trinajstić information content (AvgIpc) is 3.37. The van der Waals surface area contributed by atoms with Crippen LogP contribution in [0.1, 0.15) is 56.5 Å². The van der Waals surface area contributed by atoms with E-state index in [1.165, 1.54) is 13.8 Å². The minimum atomic E-state index is -4.76. The molecule has 41 heavy (non-hydrogen) atoms. The predicted octanol–water partition coefficient (Wildman–Crippen LogP) is 5.04. The summed E-state index contributed by atoms with van der Waals surface area (Å²) in [4.78, 5) is 34.2. The van der Waals surface area contributed by atoms with Crippen LogP contribution in [0, 0.1) is 0 Å². The van der Waals surface area contributed by atoms with Gasteiger partial charge in [-0.1, -0.05) is 12.1 Å². The molecule has 1 saturated heterocycles. The van der Waals surface area contributed by atoms with Crippen LogP contribution in [-0.2, 0) is 19.4 Å². The SMILES string of the molecule is CC1OC1N1c2cccc(OC(F)F)c2[C@H]2C[C@@H]1c1nc3ccc(-c4cnc(C(C)(C)OP(=O)(O)O)nc4)cc3n12. The van der Waals surface area contributed by atoms with Crippen molar-refractivity contribution in [3.05, 3.63) is 66.0 Å². The van der Waals surface area contributed by atoms with Crippen molar-refractivity contribution in [2.75, 3.05) is 4.90 Å². The summed E-state index contributed by atoms with van der Waals surface area (Å²) in [6.45, 7) is 1.96. The highest BCUT2D eigenvalue weighted by molar-refractivity contribution is 7.46. The lowest BCUT2D eigenvalue weighted by molar-refractivity contribution is -0.0507. The maximum absolute atomic E-state index is 13.4. The van der Waals surface area contributed by atoms with E-state index in [1.54, 1.807) is 24.5 Å². The lowest BCUT2D eigenvalue weighted by atomic mass is 9.92. The van der Waals surface area contributed by atoms with Gasteiger partial charge in [0, 0.05) is 35.6 Å². The molecule has 4 atom stereocenters. The molecule has 1 fully saturated rings. The van der Waals surface area contributed by atoms with Crippen LogP contribution in [0.5, 0.6) is 5.75 Å². The Hall–Kier alpha value is -3.48. The molecule has 0 amide bonds. The first-order chi connectivity index (χ1) is 19.4. The Morgan fingerprint density at radius 1 is 1.12 bits per heavy atom. The number of phosphoric ester groups is 1. The van der Waals surface area contributed by atoms with E-state index >= 15 is 0 Å². The van der Waals surface area contributed by atoms with E-state index in [-0.39, 0.29) is 36.0 Å². The molecule has 3 aliphatic heterocycles. The standard InChI is InChI=1S/C27H26F2N5O6P/c1-13-24(38-13)34-17-5-4-6-21(39-26(28)29)22(17)19-10-20(34)23-32-16-8-7-14(9-18(16)33(19)23)15-11-30-25(31-12-15)27(2,3)40-41(35,36)37/h4-9,11-13,19-20,24,26H,10H2,1-3H3,(H2,35,36,37)/t13?,19-,20-,24?/m1/s1. The zero-order valence-electron chi connectivity index (χ0n) is 22.2. The lowest BCUT2D eigenvalue weighted by Gasteiger charge is -2.36. The maximum Gasteiger partial charge on any atom is 0.470 e. The number of alkyl halides is 2. The van der Waals surface area contributed by atoms with E-state index in [0.29, 0.717) is 17.5 Å². The Kier molecular flexibility index (Phi) is 5.80. The third-order valence-electron chi connectivity index (χ3n) is 7.80. The molecule has 0 radical (unpaired) electrons. The molecule has 214 valence electrons. The number of anilines is 1. The molecule has 2 N–H and O–H groups in total. The fourth-order valence-corrected chi connectivity index (χ4v) is 6.80. The van der Waals surface area contributed by atoms with Gasteiger partial charge >= 0.3 is 14.4 Å². The third kappa shape index (κ3) is 4.39. The van der Waals surface area contributed by atoms with Gasteiger partial charge in [-0.15, -0.1) is 0 Å². The fourth-order valence-electron chi connectivity index (χ4n) is 6.13. The molecule has 4 aromatic rings. The number of nitrogens with zero attached hydrogens (tertiary/aromatic N) is 5. The van der Waals surface area contributed by atoms with Crippen LogP contribution in [0.3, 0.4) is 0 Å². The smallest absolute Gasteiger partial charge is 0.434 e. The second kappa shape index (κ2) is 9.01. The second-order valence-corrected chi connectivity index (χ2v) is 12.1. The van der Waals surface area contributed by atoms with Crippen LogP contribution in [0.2, 0.25) is 0 Å². The summed E-state index contributed by atoms with van der Waals surface area (Å²) in [7, 11) is -4.76. The summed E-state index contributed by atoms with van der Waals surface area (Å²) in [6.07, 6.45) is 3.58. The van der Waals surface area contributed by atoms with Gasteiger partial charge in [0.2, 0.25) is 0 Å². The van der Waals surface area contributed by atoms with Crippen molar-refractivity contribution in [1.82, 2.24) is 19.5 Å². The van der Waals surface area contributed by atoms with Crippen LogP contribution in [-0.4, -0.2) is 48.2 Å². The van der Waals surface area contributed by atoms with E-state index in [0.717, 1.165) is 28.1 Å². The molecule has 5 heterocycles. The first-order valence-corrected chi connectivity index (χ1v) is 14.6. The highest BCUT2D eigenvalue weighted by Gasteiger charge is 2.53. The number of halogens is 2. The average molecular weight is 586 g/mol. The van der Waals surface area contributed by atoms with Crippen LogP contribution >= 0.6 is 7.82 Å². The van der Waals surface area contributed by atoms with Gasteiger partial charge in [0.1, 0.15) is 23.3 Å². The fraction of sp³-hybridized carbons (Fsp3) is 0.370. The molecule has 0 aliphatic carbocycles. The summed E-state index contributed by atoms with van der Waals surface area (Å²) >= 11 is 0. The Morgan fingerprint density at radius 2 is 1.85 bits per heavy atom. The van der Waals surface area contributed by atoms with Gasteiger partial charge in [-0.3, -0.25) is 4.52 Å². The molecular weight excluding hydrogens is 559 g/mol. The Morgan fingerprint density at radius 3 is 2.51 bits per heavy atom. The van der Waals surface area contributed by atoms with Crippen molar-refractivity contribution >= 4 is 24.5 Å². The molecule has 14 heteroatoms. The number of aromatic nitrogens is 4. The summed E-state index contributed by atoms with van der Waals surface area (Å²) in [6, 6.07) is 10.6. The zero-order valence-corrected chi connectivity index (χ0v) is 23.1. The first kappa shape index (κ1) is 26.4. The summed E-state index contributed by atoms with van der Waals surface area (Å²) in [5.41, 5.74) is 3.10. The van der Waals surface area contributed by atoms with Crippen LogP contribution in [0.15, 0.2) is 48.8 Å². The van der Waals surface area contributed by atoms with Crippen molar-refractivity contribution in [1.29, 1.82) is 0 Å². The second-order valence-electron chi connectivity index (χ2n) is 10.9. The Balaban J connectivity index is 1.31. The van der Waals surface area contributed by atoms with E-state index in [4.69, 9.17) is 19.0 Å². The number of phosphoric acid groups is 1. The number of epoxide rings is 1. The van der Waals surface area contributed by atoms with Crippen molar-refractivity contribution in [2.45, 2.75) is 63.8 Å². The summed E-state index contributed by atoms with van der Waals surface area (Å²) in [5, 5.41) is 0. The number of ether oxygens (including phenoxy) is 2. The molecule has 7 rings (SSSR count). The van der Waals surface area contributed by atoms with Crippen molar-refractivity contribution < 1.29 is 37.1 Å². The monoisotopic (exact) mass is 585 g/mol. The zero-order chi connectivity index (χ0) is 28.8. The highest BCUT2D eigenvalue weighted by Crippen LogP contribution is 2.57. The van der Waals surface area contributed by atoms with Crippen molar-refractivity contribution in [3.63, 3.8) is 0 Å². The van der Waals surface area contributed by atoms with Crippen LogP contribution in [0.25, 0.3) is 22.2 Å². The minimum absolute atomic E-state index is 0.00384. The van der Waals surface area contributed by atoms with Crippen LogP contribution < -0.4 is 9.64 Å². The van der Waals surface area contributed by atoms with Gasteiger partial charge in [0.15, 0.2) is 12.1 Å². The molecule has 2 bridgehead atoms. The van der Waals surface area contributed by atoms with E-state index in [1.807, 2.05) is 31.2 Å². The van der Waals surface area contributed by atoms with Crippen molar-refractivity contribution in [3.8, 4) is 16.9 Å².